The molecule has 1 unspecified atom stereocenters. The van der Waals surface area contributed by atoms with Crippen LogP contribution >= 0.6 is 0 Å². The third-order valence-corrected chi connectivity index (χ3v) is 6.24. The van der Waals surface area contributed by atoms with Crippen LogP contribution in [0.3, 0.4) is 0 Å². The molecule has 5 heteroatoms. The van der Waals surface area contributed by atoms with Gasteiger partial charge in [-0.15, -0.1) is 0 Å². The fraction of sp³-hybridized carbons (Fsp3) is 0.0667. The summed E-state index contributed by atoms with van der Waals surface area (Å²) < 4.78 is 10.3. The number of carbonyl (C=O) groups is 1. The van der Waals surface area contributed by atoms with Gasteiger partial charge < -0.3 is 21.4 Å². The number of fused-ring (bicyclic) bond motifs is 2. The monoisotopic (exact) mass is 522 g/mol. The quantitative estimate of drug-likeness (QED) is 0.249. The Morgan fingerprint density at radius 1 is 0.800 bits per heavy atom. The Morgan fingerprint density at radius 2 is 1.46 bits per heavy atom. The molecule has 0 aliphatic heterocycles. The highest BCUT2D eigenvalue weighted by molar-refractivity contribution is 6.01. The topological polar surface area (TPSA) is 39.0 Å². The molecule has 2 heterocycles. The van der Waals surface area contributed by atoms with Crippen molar-refractivity contribution >= 4 is 27.8 Å². The third kappa shape index (κ3) is 4.31. The van der Waals surface area contributed by atoms with Crippen LogP contribution in [0.2, 0.25) is 0 Å². The zero-order valence-corrected chi connectivity index (χ0v) is 20.5. The molecule has 4 aromatic carbocycles. The number of imidazole rings is 1. The number of hydrogen-bond donors (Lipinski definition) is 0. The molecule has 172 valence electrons. The maximum absolute atomic E-state index is 13.8. The molecule has 0 radical (unpaired) electrons. The van der Waals surface area contributed by atoms with E-state index in [0.29, 0.717) is 12.1 Å². The summed E-state index contributed by atoms with van der Waals surface area (Å²) in [6.45, 7) is 0.573. The Morgan fingerprint density at radius 3 is 2.23 bits per heavy atom. The summed E-state index contributed by atoms with van der Waals surface area (Å²) in [5, 5.41) is 1.09. The molecule has 0 amide bonds. The number of halogens is 1. The first-order valence-electron chi connectivity index (χ1n) is 11.4. The first-order chi connectivity index (χ1) is 16.8. The second-order valence-electron chi connectivity index (χ2n) is 8.43. The van der Waals surface area contributed by atoms with Gasteiger partial charge in [0.2, 0.25) is 12.1 Å². The van der Waals surface area contributed by atoms with Crippen molar-refractivity contribution in [2.45, 2.75) is 12.6 Å². The minimum absolute atomic E-state index is 0. The normalized spacial score (nSPS) is 11.9. The molecule has 0 bridgehead atoms. The van der Waals surface area contributed by atoms with Gasteiger partial charge in [0.1, 0.15) is 17.9 Å². The van der Waals surface area contributed by atoms with E-state index in [1.54, 1.807) is 0 Å². The number of hydrogen-bond acceptors (Lipinski definition) is 2. The van der Waals surface area contributed by atoms with Crippen molar-refractivity contribution in [1.29, 1.82) is 0 Å². The third-order valence-electron chi connectivity index (χ3n) is 6.24. The van der Waals surface area contributed by atoms with E-state index in [0.717, 1.165) is 33.3 Å². The number of nitrogens with zero attached hydrogens (tertiary/aromatic N) is 2. The number of benzene rings is 4. The van der Waals surface area contributed by atoms with Crippen LogP contribution in [-0.4, -0.2) is 10.4 Å². The maximum atomic E-state index is 13.8. The average Bonchev–Trinajstić information content (AvgIpc) is 3.47. The minimum atomic E-state index is -0.481. The van der Waals surface area contributed by atoms with Gasteiger partial charge in [-0.3, -0.25) is 4.79 Å². The molecule has 6 rings (SSSR count). The maximum Gasteiger partial charge on any atom is 0.246 e. The van der Waals surface area contributed by atoms with Gasteiger partial charge in [-0.05, 0) is 24.3 Å². The lowest BCUT2D eigenvalue weighted by Crippen LogP contribution is -3.00. The Labute approximate surface area is 213 Å². The zero-order chi connectivity index (χ0) is 22.9. The van der Waals surface area contributed by atoms with E-state index in [-0.39, 0.29) is 22.8 Å². The van der Waals surface area contributed by atoms with Gasteiger partial charge in [0.05, 0.1) is 0 Å². The van der Waals surface area contributed by atoms with Crippen LogP contribution in [-0.2, 0) is 6.54 Å². The molecular weight excluding hydrogens is 500 g/mol. The summed E-state index contributed by atoms with van der Waals surface area (Å²) in [5.74, 6) is 0.934. The van der Waals surface area contributed by atoms with Crippen LogP contribution in [0, 0.1) is 0 Å². The van der Waals surface area contributed by atoms with Crippen molar-refractivity contribution < 1.29 is 30.8 Å². The Bertz CT molecular complexity index is 1570. The Balaban J connectivity index is 0.00000253. The fourth-order valence-electron chi connectivity index (χ4n) is 4.65. The largest absolute Gasteiger partial charge is 1.00 e. The highest BCUT2D eigenvalue weighted by atomic mass is 79.9. The van der Waals surface area contributed by atoms with E-state index in [9.17, 15) is 4.79 Å². The SMILES string of the molecule is O=C(c1ccccc1)C(c1ccccc1)n1c[n+](Cc2cc3ccccc3o2)c2ccccc21.[Br-]. The standard InChI is InChI=1S/C30H23N2O2.BrH/c33-30(23-13-5-2-6-14-23)29(22-11-3-1-4-12-22)32-21-31(26-16-8-9-17-27(26)32)20-25-19-24-15-7-10-18-28(24)34-25;/h1-19,21,29H,20H2;1H/q+1;/p-1. The van der Waals surface area contributed by atoms with Crippen molar-refractivity contribution in [2.75, 3.05) is 0 Å². The van der Waals surface area contributed by atoms with E-state index >= 15 is 0 Å². The number of carbonyl (C=O) groups excluding carboxylic acids is 1. The first kappa shape index (κ1) is 22.8. The number of rotatable bonds is 6. The van der Waals surface area contributed by atoms with Crippen LogP contribution < -0.4 is 21.5 Å². The van der Waals surface area contributed by atoms with Crippen LogP contribution in [0.1, 0.15) is 27.7 Å². The Kier molecular flexibility index (Phi) is 6.34. The molecule has 2 aromatic heterocycles. The molecule has 0 saturated carbocycles. The van der Waals surface area contributed by atoms with Crippen molar-refractivity contribution in [3.63, 3.8) is 0 Å². The summed E-state index contributed by atoms with van der Waals surface area (Å²) in [5.41, 5.74) is 4.57. The van der Waals surface area contributed by atoms with Gasteiger partial charge in [-0.2, -0.15) is 0 Å². The van der Waals surface area contributed by atoms with Gasteiger partial charge in [0.25, 0.3) is 0 Å². The Hall–Kier alpha value is -3.96. The van der Waals surface area contributed by atoms with E-state index < -0.39 is 6.04 Å². The molecule has 0 fully saturated rings. The van der Waals surface area contributed by atoms with E-state index in [1.807, 2.05) is 97.3 Å². The summed E-state index contributed by atoms with van der Waals surface area (Å²) >= 11 is 0. The lowest BCUT2D eigenvalue weighted by Gasteiger charge is -2.14. The van der Waals surface area contributed by atoms with Crippen molar-refractivity contribution in [3.05, 3.63) is 138 Å². The summed E-state index contributed by atoms with van der Waals surface area (Å²) in [7, 11) is 0. The summed E-state index contributed by atoms with van der Waals surface area (Å²) in [4.78, 5) is 13.8. The molecule has 0 spiro atoms. The molecule has 0 N–H and O–H groups in total. The molecular formula is C30H23BrN2O2. The summed E-state index contributed by atoms with van der Waals surface area (Å²) in [6.07, 6.45) is 2.04. The first-order valence-corrected chi connectivity index (χ1v) is 11.4. The smallest absolute Gasteiger partial charge is 0.246 e. The molecule has 6 aromatic rings. The van der Waals surface area contributed by atoms with Gasteiger partial charge >= 0.3 is 0 Å². The summed E-state index contributed by atoms with van der Waals surface area (Å²) in [6, 6.07) is 37.3. The van der Waals surface area contributed by atoms with Crippen LogP contribution in [0.25, 0.3) is 22.0 Å². The lowest BCUT2D eigenvalue weighted by molar-refractivity contribution is -0.665. The van der Waals surface area contributed by atoms with Crippen molar-refractivity contribution in [2.24, 2.45) is 0 Å². The van der Waals surface area contributed by atoms with Gasteiger partial charge in [0.15, 0.2) is 17.1 Å². The van der Waals surface area contributed by atoms with Gasteiger partial charge in [-0.1, -0.05) is 91.0 Å². The fourth-order valence-corrected chi connectivity index (χ4v) is 4.65. The van der Waals surface area contributed by atoms with Gasteiger partial charge in [-0.25, -0.2) is 9.13 Å². The van der Waals surface area contributed by atoms with Crippen LogP contribution in [0.15, 0.2) is 126 Å². The molecule has 4 nitrogen and oxygen atoms in total. The predicted molar refractivity (Wildman–Crippen MR) is 133 cm³/mol. The molecule has 35 heavy (non-hydrogen) atoms. The van der Waals surface area contributed by atoms with E-state index in [2.05, 4.69) is 33.4 Å². The molecule has 0 aliphatic rings. The highest BCUT2D eigenvalue weighted by Gasteiger charge is 2.31. The second-order valence-corrected chi connectivity index (χ2v) is 8.43. The van der Waals surface area contributed by atoms with Crippen molar-refractivity contribution in [3.8, 4) is 0 Å². The highest BCUT2D eigenvalue weighted by Crippen LogP contribution is 2.27. The molecule has 0 aliphatic carbocycles. The number of aromatic nitrogens is 2. The minimum Gasteiger partial charge on any atom is -1.00 e. The predicted octanol–water partition coefficient (Wildman–Crippen LogP) is 3.20. The number of ketones is 1. The van der Waals surface area contributed by atoms with Crippen LogP contribution in [0.4, 0.5) is 0 Å². The molecule has 1 atom stereocenters. The van der Waals surface area contributed by atoms with Crippen LogP contribution in [0.5, 0.6) is 0 Å². The van der Waals surface area contributed by atoms with Gasteiger partial charge in [0, 0.05) is 16.5 Å². The van der Waals surface area contributed by atoms with Crippen molar-refractivity contribution in [1.82, 2.24) is 4.57 Å². The number of furan rings is 1. The molecule has 0 saturated heterocycles. The van der Waals surface area contributed by atoms with E-state index in [4.69, 9.17) is 4.42 Å². The number of para-hydroxylation sites is 3. The zero-order valence-electron chi connectivity index (χ0n) is 18.9. The lowest BCUT2D eigenvalue weighted by atomic mass is 9.97. The number of Topliss-reactive ketones (excluding diaryl/α,β-unsaturated/α-hetero) is 1. The average molecular weight is 523 g/mol. The van der Waals surface area contributed by atoms with E-state index in [1.165, 1.54) is 0 Å². The second kappa shape index (κ2) is 9.72.